The standard InChI is InChI=1S/C14H29NO2S/c1-12(2)8-9-13(3)15-10-11-18(16,17)14-6-4-5-7-14/h12-15H,4-11H2,1-3H3. The maximum atomic E-state index is 12.0. The van der Waals surface area contributed by atoms with Crippen LogP contribution in [0.15, 0.2) is 0 Å². The minimum Gasteiger partial charge on any atom is -0.313 e. The Hall–Kier alpha value is -0.0900. The molecule has 1 atom stereocenters. The molecule has 0 aromatic rings. The zero-order valence-electron chi connectivity index (χ0n) is 12.1. The van der Waals surface area contributed by atoms with Crippen LogP contribution in [-0.2, 0) is 9.84 Å². The topological polar surface area (TPSA) is 46.2 Å². The molecule has 0 radical (unpaired) electrons. The van der Waals surface area contributed by atoms with Gasteiger partial charge in [0.1, 0.15) is 0 Å². The summed E-state index contributed by atoms with van der Waals surface area (Å²) in [5.41, 5.74) is 0. The van der Waals surface area contributed by atoms with Crippen molar-refractivity contribution in [1.29, 1.82) is 0 Å². The van der Waals surface area contributed by atoms with E-state index in [4.69, 9.17) is 0 Å². The molecule has 0 spiro atoms. The molecule has 0 aromatic heterocycles. The van der Waals surface area contributed by atoms with E-state index in [2.05, 4.69) is 26.1 Å². The van der Waals surface area contributed by atoms with Crippen molar-refractivity contribution in [2.75, 3.05) is 12.3 Å². The van der Waals surface area contributed by atoms with Crippen LogP contribution in [0.4, 0.5) is 0 Å². The van der Waals surface area contributed by atoms with E-state index in [0.29, 0.717) is 18.3 Å². The number of hydrogen-bond donors (Lipinski definition) is 1. The zero-order chi connectivity index (χ0) is 13.6. The summed E-state index contributed by atoms with van der Waals surface area (Å²) in [6.07, 6.45) is 6.26. The van der Waals surface area contributed by atoms with Crippen LogP contribution in [0, 0.1) is 5.92 Å². The van der Waals surface area contributed by atoms with Crippen molar-refractivity contribution in [2.45, 2.75) is 70.6 Å². The molecule has 0 saturated heterocycles. The number of nitrogens with one attached hydrogen (secondary N) is 1. The van der Waals surface area contributed by atoms with Gasteiger partial charge in [-0.15, -0.1) is 0 Å². The van der Waals surface area contributed by atoms with E-state index in [-0.39, 0.29) is 5.25 Å². The number of sulfone groups is 1. The first-order valence-electron chi connectivity index (χ1n) is 7.36. The van der Waals surface area contributed by atoms with Gasteiger partial charge in [0.2, 0.25) is 0 Å². The predicted octanol–water partition coefficient (Wildman–Crippen LogP) is 2.76. The Balaban J connectivity index is 2.20. The third kappa shape index (κ3) is 5.70. The Morgan fingerprint density at radius 3 is 2.28 bits per heavy atom. The first-order valence-corrected chi connectivity index (χ1v) is 9.08. The van der Waals surface area contributed by atoms with Crippen molar-refractivity contribution in [3.05, 3.63) is 0 Å². The summed E-state index contributed by atoms with van der Waals surface area (Å²) in [6, 6.07) is 0.422. The highest BCUT2D eigenvalue weighted by Gasteiger charge is 2.28. The molecule has 1 unspecified atom stereocenters. The van der Waals surface area contributed by atoms with Crippen molar-refractivity contribution in [3.8, 4) is 0 Å². The van der Waals surface area contributed by atoms with Crippen LogP contribution in [0.1, 0.15) is 59.3 Å². The van der Waals surface area contributed by atoms with Crippen LogP contribution in [0.25, 0.3) is 0 Å². The second kappa shape index (κ2) is 7.49. The molecule has 1 aliphatic carbocycles. The second-order valence-electron chi connectivity index (χ2n) is 6.10. The molecule has 18 heavy (non-hydrogen) atoms. The molecule has 0 amide bonds. The van der Waals surface area contributed by atoms with E-state index >= 15 is 0 Å². The maximum Gasteiger partial charge on any atom is 0.154 e. The predicted molar refractivity (Wildman–Crippen MR) is 77.6 cm³/mol. The molecule has 0 heterocycles. The minimum atomic E-state index is -2.85. The lowest BCUT2D eigenvalue weighted by atomic mass is 10.0. The van der Waals surface area contributed by atoms with Crippen LogP contribution in [0.2, 0.25) is 0 Å². The molecule has 108 valence electrons. The smallest absolute Gasteiger partial charge is 0.154 e. The molecule has 1 N–H and O–H groups in total. The van der Waals surface area contributed by atoms with Gasteiger partial charge in [0.05, 0.1) is 11.0 Å². The van der Waals surface area contributed by atoms with Gasteiger partial charge in [-0.1, -0.05) is 26.7 Å². The average molecular weight is 275 g/mol. The van der Waals surface area contributed by atoms with Gasteiger partial charge in [0.25, 0.3) is 0 Å². The Kier molecular flexibility index (Phi) is 6.64. The van der Waals surface area contributed by atoms with Gasteiger partial charge >= 0.3 is 0 Å². The molecule has 1 aliphatic rings. The second-order valence-corrected chi connectivity index (χ2v) is 8.50. The zero-order valence-corrected chi connectivity index (χ0v) is 12.9. The highest BCUT2D eigenvalue weighted by atomic mass is 32.2. The highest BCUT2D eigenvalue weighted by molar-refractivity contribution is 7.92. The van der Waals surface area contributed by atoms with Gasteiger partial charge in [-0.2, -0.15) is 0 Å². The SMILES string of the molecule is CC(C)CCC(C)NCCS(=O)(=O)C1CCCC1. The van der Waals surface area contributed by atoms with E-state index in [9.17, 15) is 8.42 Å². The minimum absolute atomic E-state index is 0.0507. The van der Waals surface area contributed by atoms with Gasteiger partial charge in [-0.05, 0) is 38.5 Å². The fourth-order valence-corrected chi connectivity index (χ4v) is 4.33. The van der Waals surface area contributed by atoms with Gasteiger partial charge in [-0.25, -0.2) is 8.42 Å². The monoisotopic (exact) mass is 275 g/mol. The molecule has 4 heteroatoms. The Morgan fingerprint density at radius 2 is 1.72 bits per heavy atom. The summed E-state index contributed by atoms with van der Waals surface area (Å²) in [7, 11) is -2.85. The quantitative estimate of drug-likeness (QED) is 0.741. The van der Waals surface area contributed by atoms with E-state index in [1.807, 2.05) is 0 Å². The van der Waals surface area contributed by atoms with Crippen LogP contribution < -0.4 is 5.32 Å². The molecular formula is C14H29NO2S. The van der Waals surface area contributed by atoms with E-state index in [1.54, 1.807) is 0 Å². The van der Waals surface area contributed by atoms with Crippen molar-refractivity contribution in [3.63, 3.8) is 0 Å². The average Bonchev–Trinajstić information content (AvgIpc) is 2.80. The summed E-state index contributed by atoms with van der Waals surface area (Å²) in [5, 5.41) is 3.29. The Morgan fingerprint density at radius 1 is 1.11 bits per heavy atom. The summed E-state index contributed by atoms with van der Waals surface area (Å²) in [4.78, 5) is 0. The van der Waals surface area contributed by atoms with Gasteiger partial charge in [0, 0.05) is 12.6 Å². The van der Waals surface area contributed by atoms with Crippen LogP contribution in [-0.4, -0.2) is 32.0 Å². The summed E-state index contributed by atoms with van der Waals surface area (Å²) in [5.74, 6) is 1.03. The van der Waals surface area contributed by atoms with E-state index in [0.717, 1.165) is 38.0 Å². The molecule has 1 saturated carbocycles. The van der Waals surface area contributed by atoms with Crippen molar-refractivity contribution < 1.29 is 8.42 Å². The van der Waals surface area contributed by atoms with E-state index < -0.39 is 9.84 Å². The summed E-state index contributed by atoms with van der Waals surface area (Å²) in [6.45, 7) is 7.19. The van der Waals surface area contributed by atoms with Crippen LogP contribution in [0.5, 0.6) is 0 Å². The molecule has 1 rings (SSSR count). The fraction of sp³-hybridized carbons (Fsp3) is 1.00. The third-order valence-electron chi connectivity index (χ3n) is 3.87. The molecule has 0 aliphatic heterocycles. The number of hydrogen-bond acceptors (Lipinski definition) is 3. The Bertz CT molecular complexity index is 319. The van der Waals surface area contributed by atoms with Crippen molar-refractivity contribution in [2.24, 2.45) is 5.92 Å². The molecule has 0 aromatic carbocycles. The lowest BCUT2D eigenvalue weighted by molar-refractivity contribution is 0.458. The molecular weight excluding hydrogens is 246 g/mol. The highest BCUT2D eigenvalue weighted by Crippen LogP contribution is 2.24. The van der Waals surface area contributed by atoms with E-state index in [1.165, 1.54) is 6.42 Å². The fourth-order valence-electron chi connectivity index (χ4n) is 2.55. The lowest BCUT2D eigenvalue weighted by Gasteiger charge is -2.16. The van der Waals surface area contributed by atoms with Gasteiger partial charge in [-0.3, -0.25) is 0 Å². The van der Waals surface area contributed by atoms with Gasteiger partial charge in [0.15, 0.2) is 9.84 Å². The summed E-state index contributed by atoms with van der Waals surface area (Å²) < 4.78 is 24.1. The first-order chi connectivity index (χ1) is 8.42. The van der Waals surface area contributed by atoms with Gasteiger partial charge < -0.3 is 5.32 Å². The first kappa shape index (κ1) is 16.0. The van der Waals surface area contributed by atoms with Crippen LogP contribution in [0.3, 0.4) is 0 Å². The van der Waals surface area contributed by atoms with Crippen LogP contribution >= 0.6 is 0 Å². The number of rotatable bonds is 8. The molecule has 3 nitrogen and oxygen atoms in total. The third-order valence-corrected chi connectivity index (χ3v) is 6.13. The molecule has 0 bridgehead atoms. The van der Waals surface area contributed by atoms with Crippen molar-refractivity contribution in [1.82, 2.24) is 5.32 Å². The van der Waals surface area contributed by atoms with Crippen molar-refractivity contribution >= 4 is 9.84 Å². The molecule has 1 fully saturated rings. The largest absolute Gasteiger partial charge is 0.313 e. The Labute approximate surface area is 113 Å². The maximum absolute atomic E-state index is 12.0. The summed E-state index contributed by atoms with van der Waals surface area (Å²) >= 11 is 0. The lowest BCUT2D eigenvalue weighted by Crippen LogP contribution is -2.33. The normalized spacial score (nSPS) is 19.6.